The number of carbonyl (C=O) groups is 3. The highest BCUT2D eigenvalue weighted by Crippen LogP contribution is 2.24. The smallest absolute Gasteiger partial charge is 0.232 e. The number of hydrogen-bond acceptors (Lipinski definition) is 5. The van der Waals surface area contributed by atoms with Crippen molar-refractivity contribution < 1.29 is 14.4 Å². The van der Waals surface area contributed by atoms with Gasteiger partial charge in [0.15, 0.2) is 17.3 Å². The van der Waals surface area contributed by atoms with E-state index in [1.54, 1.807) is 0 Å². The normalized spacial score (nSPS) is 13.3. The number of nitrogens with one attached hydrogen (secondary N) is 3. The molecule has 0 aliphatic carbocycles. The van der Waals surface area contributed by atoms with Crippen LogP contribution in [0.25, 0.3) is 0 Å². The van der Waals surface area contributed by atoms with Gasteiger partial charge in [-0.3, -0.25) is 14.4 Å². The number of hydrogen-bond donors (Lipinski definition) is 4. The zero-order valence-electron chi connectivity index (χ0n) is 36.2. The Bertz CT molecular complexity index is 1780. The van der Waals surface area contributed by atoms with E-state index in [4.69, 9.17) is 5.73 Å². The molecule has 0 heterocycles. The van der Waals surface area contributed by atoms with Gasteiger partial charge in [-0.05, 0) is 97.5 Å². The summed E-state index contributed by atoms with van der Waals surface area (Å²) in [5.41, 5.74) is 10.5. The maximum atomic E-state index is 13.2. The van der Waals surface area contributed by atoms with Gasteiger partial charge in [0.1, 0.15) is 5.82 Å². The molecule has 0 spiro atoms. The van der Waals surface area contributed by atoms with Crippen molar-refractivity contribution >= 4 is 46.3 Å². The third kappa shape index (κ3) is 16.4. The van der Waals surface area contributed by atoms with Gasteiger partial charge in [-0.1, -0.05) is 119 Å². The lowest BCUT2D eigenvalue weighted by molar-refractivity contribution is 0.0905. The summed E-state index contributed by atoms with van der Waals surface area (Å²) in [6, 6.07) is 21.9. The van der Waals surface area contributed by atoms with E-state index in [-0.39, 0.29) is 35.2 Å². The van der Waals surface area contributed by atoms with E-state index in [9.17, 15) is 14.4 Å². The summed E-state index contributed by atoms with van der Waals surface area (Å²) in [6.45, 7) is 17.0. The van der Waals surface area contributed by atoms with E-state index < -0.39 is 0 Å². The molecule has 0 fully saturated rings. The number of rotatable bonds is 26. The molecule has 0 aromatic heterocycles. The number of nitrogens with two attached hydrogens (primary N) is 1. The molecule has 58 heavy (non-hydrogen) atoms. The van der Waals surface area contributed by atoms with Crippen LogP contribution in [0, 0.1) is 17.8 Å². The molecular formula is C49H70N6O3. The number of ketones is 3. The Morgan fingerprint density at radius 3 is 1.45 bits per heavy atom. The summed E-state index contributed by atoms with van der Waals surface area (Å²) < 4.78 is 0. The van der Waals surface area contributed by atoms with Gasteiger partial charge in [0.25, 0.3) is 0 Å². The first-order chi connectivity index (χ1) is 28.0. The molecule has 9 nitrogen and oxygen atoms in total. The molecule has 9 heteroatoms. The van der Waals surface area contributed by atoms with Crippen LogP contribution in [0.4, 0.5) is 17.1 Å². The van der Waals surface area contributed by atoms with Crippen molar-refractivity contribution in [2.24, 2.45) is 33.5 Å². The second-order valence-electron chi connectivity index (χ2n) is 15.5. The summed E-state index contributed by atoms with van der Waals surface area (Å²) in [5.74, 6) is 1.77. The molecule has 3 rings (SSSR count). The largest absolute Gasteiger partial charge is 0.369 e. The molecule has 0 saturated heterocycles. The Hall–Kier alpha value is -5.05. The number of benzene rings is 3. The van der Waals surface area contributed by atoms with E-state index in [0.717, 1.165) is 89.2 Å². The van der Waals surface area contributed by atoms with Crippen molar-refractivity contribution in [2.75, 3.05) is 16.0 Å². The standard InChI is InChI=1S/C49H70N6O3/c1-8-14-17-20-38(13-6)47(58)41-25-31-43(32-26-41)53-48(50)55-49(54-44-29-23-40(24-30-44)46(57)34-37(12-5)19-16-10-3)52-35(7)51-42-27-21-39(22-28-42)45(56)33-36(11-4)18-15-9-2/h21-32,36-38,51H,7-20,33-34H2,1-6H3,(H4,50,52,53,54,55). The van der Waals surface area contributed by atoms with Crippen LogP contribution in [-0.4, -0.2) is 29.3 Å². The summed E-state index contributed by atoms with van der Waals surface area (Å²) in [4.78, 5) is 48.5. The van der Waals surface area contributed by atoms with E-state index in [2.05, 4.69) is 74.1 Å². The van der Waals surface area contributed by atoms with Crippen LogP contribution in [0.3, 0.4) is 0 Å². The fourth-order valence-corrected chi connectivity index (χ4v) is 7.06. The highest BCUT2D eigenvalue weighted by Gasteiger charge is 2.19. The minimum atomic E-state index is 0.0177. The molecule has 0 aliphatic heterocycles. The lowest BCUT2D eigenvalue weighted by atomic mass is 9.90. The number of unbranched alkanes of at least 4 members (excludes halogenated alkanes) is 4. The lowest BCUT2D eigenvalue weighted by Crippen LogP contribution is -2.26. The van der Waals surface area contributed by atoms with E-state index in [1.165, 1.54) is 0 Å². The van der Waals surface area contributed by atoms with E-state index in [0.29, 0.717) is 58.6 Å². The Morgan fingerprint density at radius 1 is 0.552 bits per heavy atom. The maximum absolute atomic E-state index is 13.2. The Morgan fingerprint density at radius 2 is 1.00 bits per heavy atom. The van der Waals surface area contributed by atoms with Crippen LogP contribution in [0.5, 0.6) is 0 Å². The molecule has 3 aromatic carbocycles. The van der Waals surface area contributed by atoms with E-state index in [1.807, 2.05) is 72.8 Å². The molecule has 0 bridgehead atoms. The SMILES string of the molecule is C=C(N=C(N=C(N)Nc1ccc(C(=O)C(CC)CCCCC)cc1)Nc1ccc(C(=O)CC(CC)CCCC)cc1)Nc1ccc(C(=O)CC(CC)CCCC)cc1. The average Bonchev–Trinajstić information content (AvgIpc) is 3.22. The minimum absolute atomic E-state index is 0.0177. The Labute approximate surface area is 348 Å². The molecule has 5 N–H and O–H groups in total. The first-order valence-corrected chi connectivity index (χ1v) is 21.9. The Kier molecular flexibility index (Phi) is 21.3. The Balaban J connectivity index is 1.80. The van der Waals surface area contributed by atoms with Crippen molar-refractivity contribution in [3.8, 4) is 0 Å². The molecule has 314 valence electrons. The second-order valence-corrected chi connectivity index (χ2v) is 15.5. The van der Waals surface area contributed by atoms with Gasteiger partial charge in [-0.15, -0.1) is 0 Å². The zero-order valence-corrected chi connectivity index (χ0v) is 36.2. The van der Waals surface area contributed by atoms with Gasteiger partial charge in [0.2, 0.25) is 11.9 Å². The monoisotopic (exact) mass is 791 g/mol. The summed E-state index contributed by atoms with van der Waals surface area (Å²) in [6.07, 6.45) is 14.8. The topological polar surface area (TPSA) is 138 Å². The van der Waals surface area contributed by atoms with Gasteiger partial charge in [-0.2, -0.15) is 9.98 Å². The van der Waals surface area contributed by atoms with Crippen LogP contribution >= 0.6 is 0 Å². The van der Waals surface area contributed by atoms with Crippen LogP contribution in [0.1, 0.15) is 169 Å². The predicted molar refractivity (Wildman–Crippen MR) is 245 cm³/mol. The molecular weight excluding hydrogens is 721 g/mol. The van der Waals surface area contributed by atoms with Crippen LogP contribution < -0.4 is 21.7 Å². The number of anilines is 3. The summed E-state index contributed by atoms with van der Waals surface area (Å²) in [5, 5.41) is 9.53. The quantitative estimate of drug-likeness (QED) is 0.0275. The fourth-order valence-electron chi connectivity index (χ4n) is 7.06. The van der Waals surface area contributed by atoms with Gasteiger partial charge >= 0.3 is 0 Å². The summed E-state index contributed by atoms with van der Waals surface area (Å²) in [7, 11) is 0. The molecule has 0 radical (unpaired) electrons. The first kappa shape index (κ1) is 47.3. The summed E-state index contributed by atoms with van der Waals surface area (Å²) >= 11 is 0. The average molecular weight is 791 g/mol. The van der Waals surface area contributed by atoms with Crippen LogP contribution in [-0.2, 0) is 0 Å². The molecule has 3 atom stereocenters. The number of aliphatic imine (C=N–C) groups is 2. The predicted octanol–water partition coefficient (Wildman–Crippen LogP) is 12.8. The van der Waals surface area contributed by atoms with Gasteiger partial charge in [0.05, 0.1) is 0 Å². The number of nitrogens with zero attached hydrogens (tertiary/aromatic N) is 2. The highest BCUT2D eigenvalue weighted by atomic mass is 16.1. The fraction of sp³-hybridized carbons (Fsp3) is 0.490. The molecule has 0 saturated carbocycles. The number of Topliss-reactive ketones (excluding diaryl/α,β-unsaturated/α-hetero) is 3. The molecule has 0 amide bonds. The number of carbonyl (C=O) groups excluding carboxylic acids is 3. The maximum Gasteiger partial charge on any atom is 0.232 e. The van der Waals surface area contributed by atoms with Gasteiger partial charge < -0.3 is 21.7 Å². The van der Waals surface area contributed by atoms with E-state index >= 15 is 0 Å². The first-order valence-electron chi connectivity index (χ1n) is 21.9. The third-order valence-electron chi connectivity index (χ3n) is 10.9. The van der Waals surface area contributed by atoms with Crippen LogP contribution in [0.15, 0.2) is 95.2 Å². The van der Waals surface area contributed by atoms with Crippen molar-refractivity contribution in [2.45, 2.75) is 138 Å². The molecule has 3 aromatic rings. The molecule has 3 unspecified atom stereocenters. The lowest BCUT2D eigenvalue weighted by Gasteiger charge is -2.15. The van der Waals surface area contributed by atoms with Crippen molar-refractivity contribution in [1.82, 2.24) is 0 Å². The number of guanidine groups is 2. The third-order valence-corrected chi connectivity index (χ3v) is 10.9. The highest BCUT2D eigenvalue weighted by molar-refractivity contribution is 6.06. The second kappa shape index (κ2) is 26.1. The van der Waals surface area contributed by atoms with Crippen LogP contribution in [0.2, 0.25) is 0 Å². The molecule has 0 aliphatic rings. The van der Waals surface area contributed by atoms with Gasteiger partial charge in [0, 0.05) is 52.5 Å². The van der Waals surface area contributed by atoms with Crippen molar-refractivity contribution in [1.29, 1.82) is 0 Å². The van der Waals surface area contributed by atoms with Crippen molar-refractivity contribution in [3.63, 3.8) is 0 Å². The zero-order chi connectivity index (χ0) is 42.3. The minimum Gasteiger partial charge on any atom is -0.369 e. The van der Waals surface area contributed by atoms with Gasteiger partial charge in [-0.25, -0.2) is 0 Å². The van der Waals surface area contributed by atoms with Crippen molar-refractivity contribution in [3.05, 3.63) is 102 Å².